The van der Waals surface area contributed by atoms with Gasteiger partial charge in [-0.3, -0.25) is 9.59 Å². The highest BCUT2D eigenvalue weighted by Gasteiger charge is 2.37. The van der Waals surface area contributed by atoms with Gasteiger partial charge in [0.2, 0.25) is 0 Å². The van der Waals surface area contributed by atoms with Crippen LogP contribution in [0.1, 0.15) is 10.4 Å². The van der Waals surface area contributed by atoms with E-state index < -0.39 is 17.0 Å². The summed E-state index contributed by atoms with van der Waals surface area (Å²) in [6, 6.07) is 3.85. The van der Waals surface area contributed by atoms with Crippen molar-refractivity contribution < 1.29 is 18.7 Å². The third-order valence-electron chi connectivity index (χ3n) is 2.11. The predicted molar refractivity (Wildman–Crippen MR) is 52.4 cm³/mol. The number of thioether (sulfide) groups is 1. The predicted octanol–water partition coefficient (Wildman–Crippen LogP) is 1.66. The van der Waals surface area contributed by atoms with E-state index in [0.717, 1.165) is 11.8 Å². The maximum absolute atomic E-state index is 12.9. The summed E-state index contributed by atoms with van der Waals surface area (Å²) in [5, 5.41) is -0.883. The Labute approximate surface area is 89.6 Å². The Morgan fingerprint density at radius 1 is 1.53 bits per heavy atom. The summed E-state index contributed by atoms with van der Waals surface area (Å²) < 4.78 is 17.3. The first kappa shape index (κ1) is 10.2. The fourth-order valence-electron chi connectivity index (χ4n) is 1.38. The SMILES string of the molecule is COC(=O)C1Sc2cc(F)ccc2C1=O. The van der Waals surface area contributed by atoms with Crippen LogP contribution in [0.3, 0.4) is 0 Å². The van der Waals surface area contributed by atoms with Crippen LogP contribution in [0.2, 0.25) is 0 Å². The minimum Gasteiger partial charge on any atom is -0.468 e. The molecule has 0 aromatic heterocycles. The number of fused-ring (bicyclic) bond motifs is 1. The summed E-state index contributed by atoms with van der Waals surface area (Å²) in [7, 11) is 1.22. The molecule has 3 nitrogen and oxygen atoms in total. The molecule has 1 aromatic rings. The maximum atomic E-state index is 12.9. The van der Waals surface area contributed by atoms with Crippen LogP contribution in [0.25, 0.3) is 0 Å². The summed E-state index contributed by atoms with van der Waals surface area (Å²) in [5.74, 6) is -1.33. The summed E-state index contributed by atoms with van der Waals surface area (Å²) in [5.41, 5.74) is 0.386. The molecule has 0 spiro atoms. The summed E-state index contributed by atoms with van der Waals surface area (Å²) in [6.45, 7) is 0. The second-order valence-corrected chi connectivity index (χ2v) is 4.17. The molecule has 0 N–H and O–H groups in total. The topological polar surface area (TPSA) is 43.4 Å². The van der Waals surface area contributed by atoms with Crippen molar-refractivity contribution in [3.05, 3.63) is 29.6 Å². The van der Waals surface area contributed by atoms with Crippen LogP contribution in [0.4, 0.5) is 4.39 Å². The number of rotatable bonds is 1. The van der Waals surface area contributed by atoms with Gasteiger partial charge in [0.1, 0.15) is 5.82 Å². The smallest absolute Gasteiger partial charge is 0.327 e. The number of carbonyl (C=O) groups is 2. The number of benzene rings is 1. The number of ether oxygens (including phenoxy) is 1. The van der Waals surface area contributed by atoms with Crippen LogP contribution in [-0.2, 0) is 9.53 Å². The molecule has 0 saturated heterocycles. The molecule has 0 amide bonds. The van der Waals surface area contributed by atoms with E-state index in [4.69, 9.17) is 0 Å². The lowest BCUT2D eigenvalue weighted by atomic mass is 10.1. The average molecular weight is 226 g/mol. The Bertz CT molecular complexity index is 444. The molecular weight excluding hydrogens is 219 g/mol. The largest absolute Gasteiger partial charge is 0.468 e. The molecule has 0 radical (unpaired) electrons. The molecule has 0 bridgehead atoms. The molecule has 15 heavy (non-hydrogen) atoms. The molecule has 5 heteroatoms. The van der Waals surface area contributed by atoms with Gasteiger partial charge in [-0.2, -0.15) is 0 Å². The Morgan fingerprint density at radius 3 is 2.93 bits per heavy atom. The highest BCUT2D eigenvalue weighted by molar-refractivity contribution is 8.02. The second-order valence-electron chi connectivity index (χ2n) is 3.03. The van der Waals surface area contributed by atoms with Crippen LogP contribution in [0.5, 0.6) is 0 Å². The Balaban J connectivity index is 2.37. The summed E-state index contributed by atoms with van der Waals surface area (Å²) in [6.07, 6.45) is 0. The van der Waals surface area contributed by atoms with E-state index in [1.165, 1.54) is 25.3 Å². The molecular formula is C10H7FO3S. The van der Waals surface area contributed by atoms with Crippen molar-refractivity contribution in [3.8, 4) is 0 Å². The van der Waals surface area contributed by atoms with Crippen LogP contribution < -0.4 is 0 Å². The quantitative estimate of drug-likeness (QED) is 0.539. The van der Waals surface area contributed by atoms with Gasteiger partial charge in [-0.25, -0.2) is 4.39 Å². The van der Waals surface area contributed by atoms with E-state index >= 15 is 0 Å². The highest BCUT2D eigenvalue weighted by Crippen LogP contribution is 2.37. The normalized spacial score (nSPS) is 18.8. The highest BCUT2D eigenvalue weighted by atomic mass is 32.2. The lowest BCUT2D eigenvalue weighted by molar-refractivity contribution is -0.138. The van der Waals surface area contributed by atoms with Crippen molar-refractivity contribution in [1.82, 2.24) is 0 Å². The summed E-state index contributed by atoms with van der Waals surface area (Å²) >= 11 is 1.03. The molecule has 1 heterocycles. The second kappa shape index (κ2) is 3.66. The third kappa shape index (κ3) is 1.63. The molecule has 1 aliphatic heterocycles. The van der Waals surface area contributed by atoms with Crippen LogP contribution in [0.15, 0.2) is 23.1 Å². The average Bonchev–Trinajstić information content (AvgIpc) is 2.54. The van der Waals surface area contributed by atoms with E-state index in [1.807, 2.05) is 0 Å². The van der Waals surface area contributed by atoms with Crippen molar-refractivity contribution in [1.29, 1.82) is 0 Å². The number of halogens is 1. The lowest BCUT2D eigenvalue weighted by Gasteiger charge is -2.02. The zero-order valence-corrected chi connectivity index (χ0v) is 8.64. The zero-order valence-electron chi connectivity index (χ0n) is 7.82. The fourth-order valence-corrected chi connectivity index (χ4v) is 2.54. The van der Waals surface area contributed by atoms with Crippen molar-refractivity contribution in [2.24, 2.45) is 0 Å². The number of hydrogen-bond acceptors (Lipinski definition) is 4. The van der Waals surface area contributed by atoms with Gasteiger partial charge in [-0.15, -0.1) is 11.8 Å². The fraction of sp³-hybridized carbons (Fsp3) is 0.200. The number of esters is 1. The number of Topliss-reactive ketones (excluding diaryl/α,β-unsaturated/α-hetero) is 1. The maximum Gasteiger partial charge on any atom is 0.327 e. The van der Waals surface area contributed by atoms with Gasteiger partial charge in [-0.1, -0.05) is 0 Å². The first-order valence-electron chi connectivity index (χ1n) is 4.21. The Kier molecular flexibility index (Phi) is 2.48. The number of carbonyl (C=O) groups excluding carboxylic acids is 2. The van der Waals surface area contributed by atoms with Crippen LogP contribution in [-0.4, -0.2) is 24.1 Å². The van der Waals surface area contributed by atoms with Crippen LogP contribution in [0, 0.1) is 5.82 Å². The molecule has 1 unspecified atom stereocenters. The van der Waals surface area contributed by atoms with E-state index in [1.54, 1.807) is 0 Å². The summed E-state index contributed by atoms with van der Waals surface area (Å²) in [4.78, 5) is 23.4. The molecule has 1 aromatic carbocycles. The van der Waals surface area contributed by atoms with Gasteiger partial charge in [-0.05, 0) is 18.2 Å². The minimum absolute atomic E-state index is 0.318. The van der Waals surface area contributed by atoms with E-state index in [0.29, 0.717) is 10.5 Å². The molecule has 78 valence electrons. The third-order valence-corrected chi connectivity index (χ3v) is 3.34. The van der Waals surface area contributed by atoms with Gasteiger partial charge < -0.3 is 4.74 Å². The number of hydrogen-bond donors (Lipinski definition) is 0. The molecule has 1 atom stereocenters. The standard InChI is InChI=1S/C10H7FO3S/c1-14-10(13)9-8(12)6-3-2-5(11)4-7(6)15-9/h2-4,9H,1H3. The van der Waals surface area contributed by atoms with E-state index in [9.17, 15) is 14.0 Å². The van der Waals surface area contributed by atoms with Crippen LogP contribution >= 0.6 is 11.8 Å². The van der Waals surface area contributed by atoms with Gasteiger partial charge in [0.15, 0.2) is 11.0 Å². The first-order valence-corrected chi connectivity index (χ1v) is 5.09. The van der Waals surface area contributed by atoms with Crippen molar-refractivity contribution in [3.63, 3.8) is 0 Å². The molecule has 0 saturated carbocycles. The lowest BCUT2D eigenvalue weighted by Crippen LogP contribution is -2.24. The minimum atomic E-state index is -0.883. The molecule has 0 aliphatic carbocycles. The number of methoxy groups -OCH3 is 1. The van der Waals surface area contributed by atoms with Gasteiger partial charge >= 0.3 is 5.97 Å². The van der Waals surface area contributed by atoms with Crippen molar-refractivity contribution >= 4 is 23.5 Å². The Morgan fingerprint density at radius 2 is 2.27 bits per heavy atom. The molecule has 0 fully saturated rings. The van der Waals surface area contributed by atoms with Crippen molar-refractivity contribution in [2.75, 3.05) is 7.11 Å². The van der Waals surface area contributed by atoms with E-state index in [2.05, 4.69) is 4.74 Å². The molecule has 2 rings (SSSR count). The van der Waals surface area contributed by atoms with Gasteiger partial charge in [0, 0.05) is 10.5 Å². The molecule has 1 aliphatic rings. The first-order chi connectivity index (χ1) is 7.13. The Hall–Kier alpha value is -1.36. The monoisotopic (exact) mass is 226 g/mol. The van der Waals surface area contributed by atoms with Gasteiger partial charge in [0.05, 0.1) is 7.11 Å². The zero-order chi connectivity index (χ0) is 11.0. The van der Waals surface area contributed by atoms with Crippen molar-refractivity contribution in [2.45, 2.75) is 10.1 Å². The number of ketones is 1. The van der Waals surface area contributed by atoms with E-state index in [-0.39, 0.29) is 5.78 Å². The van der Waals surface area contributed by atoms with Gasteiger partial charge in [0.25, 0.3) is 0 Å².